The number of phenolic OH excluding ortho intramolecular Hbond substituents is 1. The number of benzene rings is 2. The van der Waals surface area contributed by atoms with Gasteiger partial charge >= 0.3 is 5.97 Å². The Morgan fingerprint density at radius 1 is 1.00 bits per heavy atom. The summed E-state index contributed by atoms with van der Waals surface area (Å²) in [4.78, 5) is 17.6. The number of rotatable bonds is 5. The van der Waals surface area contributed by atoms with E-state index in [-0.39, 0.29) is 54.5 Å². The number of hydrogen-bond acceptors (Lipinski definition) is 9. The van der Waals surface area contributed by atoms with Crippen molar-refractivity contribution in [2.75, 3.05) is 32.9 Å². The Hall–Kier alpha value is -4.14. The number of aromatic hydroxyl groups is 1. The highest BCUT2D eigenvalue weighted by Gasteiger charge is 2.52. The molecule has 0 radical (unpaired) electrons. The average Bonchev–Trinajstić information content (AvgIpc) is 3.50. The Kier molecular flexibility index (Phi) is 5.05. The summed E-state index contributed by atoms with van der Waals surface area (Å²) < 4.78 is 27.8. The minimum Gasteiger partial charge on any atom is -0.502 e. The third-order valence-corrected chi connectivity index (χ3v) is 7.02. The molecular weight excluding hydrogens is 452 g/mol. The van der Waals surface area contributed by atoms with Crippen LogP contribution in [0.2, 0.25) is 0 Å². The van der Waals surface area contributed by atoms with Crippen molar-refractivity contribution in [3.05, 3.63) is 65.4 Å². The largest absolute Gasteiger partial charge is 0.502 e. The molecule has 0 spiro atoms. The number of ether oxygens (including phenoxy) is 5. The van der Waals surface area contributed by atoms with E-state index < -0.39 is 5.92 Å². The number of carbonyl (C=O) groups is 1. The molecule has 3 heterocycles. The van der Waals surface area contributed by atoms with E-state index in [0.717, 1.165) is 16.7 Å². The summed E-state index contributed by atoms with van der Waals surface area (Å²) in [5.74, 6) is 1.08. The predicted octanol–water partition coefficient (Wildman–Crippen LogP) is 3.62. The van der Waals surface area contributed by atoms with Gasteiger partial charge in [0, 0.05) is 18.0 Å². The maximum absolute atomic E-state index is 13.2. The van der Waals surface area contributed by atoms with Crippen LogP contribution in [0.4, 0.5) is 5.82 Å². The number of cyclic esters (lactones) is 1. The molecule has 0 saturated carbocycles. The summed E-state index contributed by atoms with van der Waals surface area (Å²) in [5, 5.41) is 14.0. The third kappa shape index (κ3) is 3.38. The number of pyridine rings is 1. The highest BCUT2D eigenvalue weighted by Crippen LogP contribution is 2.56. The fourth-order valence-electron chi connectivity index (χ4n) is 5.45. The lowest BCUT2D eigenvalue weighted by molar-refractivity contribution is -0.141. The molecule has 4 atom stereocenters. The van der Waals surface area contributed by atoms with Gasteiger partial charge in [-0.15, -0.1) is 0 Å². The first kappa shape index (κ1) is 21.4. The van der Waals surface area contributed by atoms with Crippen LogP contribution in [0.3, 0.4) is 0 Å². The van der Waals surface area contributed by atoms with E-state index in [4.69, 9.17) is 23.7 Å². The van der Waals surface area contributed by atoms with E-state index in [1.807, 2.05) is 30.3 Å². The molecular formula is C26H24N2O7. The summed E-state index contributed by atoms with van der Waals surface area (Å²) >= 11 is 0. The van der Waals surface area contributed by atoms with Crippen molar-refractivity contribution in [3.8, 4) is 28.7 Å². The number of fused-ring (bicyclic) bond motifs is 3. The lowest BCUT2D eigenvalue weighted by Gasteiger charge is -2.39. The van der Waals surface area contributed by atoms with Gasteiger partial charge in [0.2, 0.25) is 12.5 Å². The zero-order valence-corrected chi connectivity index (χ0v) is 19.2. The molecule has 0 bridgehead atoms. The Balaban J connectivity index is 1.56. The Morgan fingerprint density at radius 2 is 1.71 bits per heavy atom. The van der Waals surface area contributed by atoms with Crippen molar-refractivity contribution >= 4 is 11.8 Å². The highest BCUT2D eigenvalue weighted by atomic mass is 16.7. The van der Waals surface area contributed by atoms with Crippen LogP contribution in [0.1, 0.15) is 28.7 Å². The van der Waals surface area contributed by atoms with Crippen molar-refractivity contribution < 1.29 is 33.6 Å². The number of phenols is 1. The van der Waals surface area contributed by atoms with Gasteiger partial charge in [-0.25, -0.2) is 4.98 Å². The number of anilines is 1. The normalized spacial score (nSPS) is 23.8. The third-order valence-electron chi connectivity index (χ3n) is 7.02. The second-order valence-electron chi connectivity index (χ2n) is 8.74. The Morgan fingerprint density at radius 3 is 2.37 bits per heavy atom. The predicted molar refractivity (Wildman–Crippen MR) is 124 cm³/mol. The van der Waals surface area contributed by atoms with Crippen LogP contribution in [0.15, 0.2) is 48.7 Å². The molecule has 9 heteroatoms. The van der Waals surface area contributed by atoms with Crippen molar-refractivity contribution in [2.24, 2.45) is 11.8 Å². The van der Waals surface area contributed by atoms with Gasteiger partial charge in [0.05, 0.1) is 32.8 Å². The zero-order valence-electron chi connectivity index (χ0n) is 19.2. The van der Waals surface area contributed by atoms with Gasteiger partial charge < -0.3 is 34.1 Å². The summed E-state index contributed by atoms with van der Waals surface area (Å²) in [7, 11) is 2.95. The second-order valence-corrected chi connectivity index (χ2v) is 8.74. The van der Waals surface area contributed by atoms with Crippen LogP contribution in [0.5, 0.6) is 28.7 Å². The quantitative estimate of drug-likeness (QED) is 0.534. The fourth-order valence-corrected chi connectivity index (χ4v) is 5.45. The molecule has 1 aliphatic carbocycles. The van der Waals surface area contributed by atoms with E-state index in [1.54, 1.807) is 18.3 Å². The molecule has 2 aromatic carbocycles. The maximum atomic E-state index is 13.2. The summed E-state index contributed by atoms with van der Waals surface area (Å²) in [5.41, 5.74) is 2.63. The van der Waals surface area contributed by atoms with Crippen LogP contribution in [0, 0.1) is 11.8 Å². The number of carbonyl (C=O) groups excluding carboxylic acids is 1. The number of aromatic nitrogens is 1. The van der Waals surface area contributed by atoms with Gasteiger partial charge in [0.25, 0.3) is 0 Å². The molecule has 1 saturated heterocycles. The standard InChI is InChI=1S/C26H24N2O7/c1-31-19-7-13(8-20(32-2)25(19)29)22-14-9-17-18(35-12-34-17)10-15(14)24(16-11-33-26(30)23(16)22)28-21-5-3-4-6-27-21/h3-10,16,22-24,29H,11-12H2,1-2H3,(H,27,28)/t16-,22+,23-,24+/m0/s1. The molecule has 0 amide bonds. The summed E-state index contributed by atoms with van der Waals surface area (Å²) in [6.45, 7) is 0.404. The Bertz CT molecular complexity index is 1270. The van der Waals surface area contributed by atoms with Gasteiger partial charge in [0.1, 0.15) is 5.82 Å². The van der Waals surface area contributed by atoms with Crippen LogP contribution in [0.25, 0.3) is 0 Å². The number of hydrogen-bond donors (Lipinski definition) is 2. The average molecular weight is 476 g/mol. The van der Waals surface area contributed by atoms with E-state index in [0.29, 0.717) is 17.3 Å². The van der Waals surface area contributed by atoms with Crippen molar-refractivity contribution in [3.63, 3.8) is 0 Å². The van der Waals surface area contributed by atoms with Gasteiger partial charge in [-0.2, -0.15) is 0 Å². The van der Waals surface area contributed by atoms with Gasteiger partial charge in [0.15, 0.2) is 23.0 Å². The molecule has 3 aromatic rings. The van der Waals surface area contributed by atoms with Gasteiger partial charge in [-0.3, -0.25) is 4.79 Å². The molecule has 3 aliphatic rings. The van der Waals surface area contributed by atoms with Crippen molar-refractivity contribution in [1.82, 2.24) is 4.98 Å². The fraction of sp³-hybridized carbons (Fsp3) is 0.308. The number of nitrogens with one attached hydrogen (secondary N) is 1. The first-order valence-electron chi connectivity index (χ1n) is 11.3. The lowest BCUT2D eigenvalue weighted by atomic mass is 9.65. The van der Waals surface area contributed by atoms with E-state index in [1.165, 1.54) is 14.2 Å². The minimum absolute atomic E-state index is 0.0966. The number of methoxy groups -OCH3 is 2. The number of esters is 1. The molecule has 2 N–H and O–H groups in total. The van der Waals surface area contributed by atoms with Gasteiger partial charge in [-0.1, -0.05) is 6.07 Å². The monoisotopic (exact) mass is 476 g/mol. The zero-order chi connectivity index (χ0) is 24.1. The molecule has 9 nitrogen and oxygen atoms in total. The Labute approximate surface area is 201 Å². The van der Waals surface area contributed by atoms with Crippen LogP contribution >= 0.6 is 0 Å². The van der Waals surface area contributed by atoms with Crippen LogP contribution in [-0.2, 0) is 9.53 Å². The molecule has 180 valence electrons. The second kappa shape index (κ2) is 8.26. The summed E-state index contributed by atoms with van der Waals surface area (Å²) in [6.07, 6.45) is 1.72. The highest BCUT2D eigenvalue weighted by molar-refractivity contribution is 5.79. The molecule has 6 rings (SSSR count). The minimum atomic E-state index is -0.483. The molecule has 1 aromatic heterocycles. The van der Waals surface area contributed by atoms with Crippen LogP contribution < -0.4 is 24.3 Å². The molecule has 1 fully saturated rings. The first-order chi connectivity index (χ1) is 17.1. The van der Waals surface area contributed by atoms with Crippen molar-refractivity contribution in [2.45, 2.75) is 12.0 Å². The maximum Gasteiger partial charge on any atom is 0.310 e. The van der Waals surface area contributed by atoms with E-state index in [9.17, 15) is 9.90 Å². The topological polar surface area (TPSA) is 108 Å². The number of nitrogens with zero attached hydrogens (tertiary/aromatic N) is 1. The first-order valence-corrected chi connectivity index (χ1v) is 11.3. The lowest BCUT2D eigenvalue weighted by Crippen LogP contribution is -2.37. The van der Waals surface area contributed by atoms with Gasteiger partial charge in [-0.05, 0) is 53.1 Å². The SMILES string of the molecule is COc1cc([C@@H]2c3cc4c(cc3[C@@H](Nc3ccccn3)[C@H]3COC(=O)[C@H]23)OCO4)cc(OC)c1O. The van der Waals surface area contributed by atoms with Crippen molar-refractivity contribution in [1.29, 1.82) is 0 Å². The molecule has 35 heavy (non-hydrogen) atoms. The smallest absolute Gasteiger partial charge is 0.310 e. The van der Waals surface area contributed by atoms with Crippen LogP contribution in [-0.4, -0.2) is 43.7 Å². The molecule has 2 aliphatic heterocycles. The molecule has 0 unspecified atom stereocenters. The van der Waals surface area contributed by atoms with E-state index >= 15 is 0 Å². The summed E-state index contributed by atoms with van der Waals surface area (Å²) in [6, 6.07) is 12.8. The van der Waals surface area contributed by atoms with E-state index in [2.05, 4.69) is 10.3 Å².